The number of quaternary nitrogens is 1. The monoisotopic (exact) mass is 322 g/mol. The Kier molecular flexibility index (Phi) is 5.17. The summed E-state index contributed by atoms with van der Waals surface area (Å²) in [6.45, 7) is 3.45. The smallest absolute Gasteiger partial charge is 0.133 e. The summed E-state index contributed by atoms with van der Waals surface area (Å²) in [4.78, 5) is 0. The van der Waals surface area contributed by atoms with E-state index in [1.165, 1.54) is 32.4 Å². The number of benzene rings is 2. The second-order valence-corrected chi connectivity index (χ2v) is 7.21. The zero-order valence-corrected chi connectivity index (χ0v) is 14.6. The number of nitrogens with zero attached hydrogens (tertiary/aromatic N) is 1. The third-order valence-corrected chi connectivity index (χ3v) is 5.23. The van der Waals surface area contributed by atoms with E-state index in [4.69, 9.17) is 0 Å². The molecule has 0 aliphatic carbocycles. The molecule has 1 saturated heterocycles. The lowest BCUT2D eigenvalue weighted by atomic mass is 9.86. The van der Waals surface area contributed by atoms with Gasteiger partial charge >= 0.3 is 0 Å². The Morgan fingerprint density at radius 1 is 0.875 bits per heavy atom. The lowest BCUT2D eigenvalue weighted by Crippen LogP contribution is -2.47. The van der Waals surface area contributed by atoms with Crippen molar-refractivity contribution in [2.75, 3.05) is 26.7 Å². The first-order chi connectivity index (χ1) is 11.6. The maximum absolute atomic E-state index is 11.5. The van der Waals surface area contributed by atoms with Crippen LogP contribution in [0.25, 0.3) is 0 Å². The van der Waals surface area contributed by atoms with Crippen LogP contribution in [0.4, 0.5) is 0 Å². The predicted molar refractivity (Wildman–Crippen MR) is 99.7 cm³/mol. The number of likely N-dealkylation sites (tertiary alicyclic amines) is 1. The Bertz CT molecular complexity index is 617. The van der Waals surface area contributed by atoms with Crippen LogP contribution >= 0.6 is 0 Å². The summed E-state index contributed by atoms with van der Waals surface area (Å²) >= 11 is 0. The second-order valence-electron chi connectivity index (χ2n) is 7.21. The second kappa shape index (κ2) is 7.33. The minimum Gasteiger partial charge on any atom is -0.377 e. The van der Waals surface area contributed by atoms with E-state index in [9.17, 15) is 5.11 Å². The first-order valence-electron chi connectivity index (χ1n) is 8.97. The van der Waals surface area contributed by atoms with Gasteiger partial charge in [-0.25, -0.2) is 0 Å². The van der Waals surface area contributed by atoms with Gasteiger partial charge in [-0.3, -0.25) is 0 Å². The predicted octanol–water partition coefficient (Wildman–Crippen LogP) is 4.11. The van der Waals surface area contributed by atoms with Gasteiger partial charge in [0, 0.05) is 0 Å². The van der Waals surface area contributed by atoms with Gasteiger partial charge < -0.3 is 9.59 Å². The molecule has 2 aromatic rings. The van der Waals surface area contributed by atoms with Gasteiger partial charge in [0.05, 0.1) is 26.7 Å². The third-order valence-electron chi connectivity index (χ3n) is 5.23. The van der Waals surface area contributed by atoms with Crippen LogP contribution in [-0.4, -0.2) is 36.3 Å². The largest absolute Gasteiger partial charge is 0.377 e. The van der Waals surface area contributed by atoms with E-state index in [-0.39, 0.29) is 0 Å². The molecule has 1 N–H and O–H groups in total. The van der Waals surface area contributed by atoms with Crippen molar-refractivity contribution in [2.24, 2.45) is 0 Å². The Morgan fingerprint density at radius 3 is 1.88 bits per heavy atom. The van der Waals surface area contributed by atoms with Crippen LogP contribution in [0, 0.1) is 0 Å². The Balaban J connectivity index is 1.87. The summed E-state index contributed by atoms with van der Waals surface area (Å²) in [7, 11) is 2.33. The topological polar surface area (TPSA) is 20.2 Å². The van der Waals surface area contributed by atoms with Crippen LogP contribution in [0.3, 0.4) is 0 Å². The zero-order chi connectivity index (χ0) is 16.9. The molecule has 0 saturated carbocycles. The van der Waals surface area contributed by atoms with Gasteiger partial charge in [-0.05, 0) is 42.5 Å². The third kappa shape index (κ3) is 3.77. The zero-order valence-electron chi connectivity index (χ0n) is 14.6. The number of hydrogen-bond acceptors (Lipinski definition) is 1. The summed E-state index contributed by atoms with van der Waals surface area (Å²) < 4.78 is 1.08. The van der Waals surface area contributed by atoms with Gasteiger partial charge in [0.2, 0.25) is 0 Å². The number of hydrogen-bond donors (Lipinski definition) is 1. The maximum Gasteiger partial charge on any atom is 0.133 e. The molecule has 1 aliphatic rings. The highest BCUT2D eigenvalue weighted by molar-refractivity contribution is 5.40. The van der Waals surface area contributed by atoms with Crippen LogP contribution in [-0.2, 0) is 5.60 Å². The Hall–Kier alpha value is -1.90. The lowest BCUT2D eigenvalue weighted by Gasteiger charge is -2.37. The summed E-state index contributed by atoms with van der Waals surface area (Å²) in [5.74, 6) is 0. The number of likely N-dealkylation sites (N-methyl/N-ethyl adjacent to an activating group) is 1. The molecule has 0 radical (unpaired) electrons. The molecule has 1 heterocycles. The van der Waals surface area contributed by atoms with Gasteiger partial charge in [-0.2, -0.15) is 0 Å². The maximum atomic E-state index is 11.5. The molecule has 1 aliphatic heterocycles. The minimum atomic E-state index is -1.07. The lowest BCUT2D eigenvalue weighted by molar-refractivity contribution is -0.908. The fourth-order valence-electron chi connectivity index (χ4n) is 3.68. The molecule has 0 atom stereocenters. The fourth-order valence-corrected chi connectivity index (χ4v) is 3.68. The highest BCUT2D eigenvalue weighted by atomic mass is 16.3. The van der Waals surface area contributed by atoms with E-state index in [0.29, 0.717) is 0 Å². The summed E-state index contributed by atoms with van der Waals surface area (Å²) in [5, 5.41) is 11.5. The van der Waals surface area contributed by atoms with Crippen LogP contribution in [0.1, 0.15) is 30.4 Å². The summed E-state index contributed by atoms with van der Waals surface area (Å²) in [6.07, 6.45) is 8.13. The molecule has 2 heteroatoms. The fraction of sp³-hybridized carbons (Fsp3) is 0.364. The summed E-state index contributed by atoms with van der Waals surface area (Å²) in [6, 6.07) is 19.9. The molecule has 0 bridgehead atoms. The molecule has 2 aromatic carbocycles. The van der Waals surface area contributed by atoms with Crippen molar-refractivity contribution in [3.8, 4) is 0 Å². The average molecular weight is 322 g/mol. The van der Waals surface area contributed by atoms with Crippen LogP contribution in [0.2, 0.25) is 0 Å². The van der Waals surface area contributed by atoms with Crippen molar-refractivity contribution in [2.45, 2.75) is 24.9 Å². The number of piperidine rings is 1. The van der Waals surface area contributed by atoms with Gasteiger partial charge in [-0.1, -0.05) is 60.7 Å². The average Bonchev–Trinajstić information content (AvgIpc) is 2.63. The quantitative estimate of drug-likeness (QED) is 0.649. The molecular weight excluding hydrogens is 294 g/mol. The van der Waals surface area contributed by atoms with Crippen molar-refractivity contribution in [1.29, 1.82) is 0 Å². The van der Waals surface area contributed by atoms with E-state index < -0.39 is 5.60 Å². The van der Waals surface area contributed by atoms with Crippen molar-refractivity contribution in [3.63, 3.8) is 0 Å². The molecule has 0 spiro atoms. The summed E-state index contributed by atoms with van der Waals surface area (Å²) in [5.41, 5.74) is 0.750. The van der Waals surface area contributed by atoms with E-state index >= 15 is 0 Å². The Labute approximate surface area is 145 Å². The molecular formula is C22H28NO+. The number of aliphatic hydroxyl groups is 1. The standard InChI is InChI=1S/C22H28NO/c1-23(17-9-4-10-18-23)19-11-16-22(24,20-12-5-2-6-13-20)21-14-7-3-8-15-21/h2-3,5-8,11-16,24H,4,9-10,17-19H2,1H3/q+1. The molecule has 24 heavy (non-hydrogen) atoms. The normalized spacial score (nSPS) is 17.9. The van der Waals surface area contributed by atoms with Crippen molar-refractivity contribution in [1.82, 2.24) is 0 Å². The van der Waals surface area contributed by atoms with Crippen LogP contribution in [0.15, 0.2) is 72.8 Å². The highest BCUT2D eigenvalue weighted by Gasteiger charge is 2.29. The molecule has 0 unspecified atom stereocenters. The van der Waals surface area contributed by atoms with Gasteiger partial charge in [-0.15, -0.1) is 0 Å². The van der Waals surface area contributed by atoms with Crippen LogP contribution in [0.5, 0.6) is 0 Å². The van der Waals surface area contributed by atoms with E-state index in [1.807, 2.05) is 66.7 Å². The SMILES string of the molecule is C[N+]1(CC=CC(O)(c2ccccc2)c2ccccc2)CCCCC1. The first kappa shape index (κ1) is 16.9. The van der Waals surface area contributed by atoms with Crippen molar-refractivity contribution in [3.05, 3.63) is 83.9 Å². The minimum absolute atomic E-state index is 0.911. The van der Waals surface area contributed by atoms with E-state index in [1.54, 1.807) is 0 Å². The number of rotatable bonds is 5. The molecule has 0 amide bonds. The van der Waals surface area contributed by atoms with Gasteiger partial charge in [0.25, 0.3) is 0 Å². The molecule has 3 rings (SSSR count). The van der Waals surface area contributed by atoms with Crippen LogP contribution < -0.4 is 0 Å². The van der Waals surface area contributed by atoms with E-state index in [2.05, 4.69) is 13.1 Å². The van der Waals surface area contributed by atoms with E-state index in [0.717, 1.165) is 22.2 Å². The van der Waals surface area contributed by atoms with Gasteiger partial charge in [0.15, 0.2) is 0 Å². The van der Waals surface area contributed by atoms with Gasteiger partial charge in [0.1, 0.15) is 5.60 Å². The van der Waals surface area contributed by atoms with Crippen molar-refractivity contribution >= 4 is 0 Å². The molecule has 0 aromatic heterocycles. The van der Waals surface area contributed by atoms with Crippen molar-refractivity contribution < 1.29 is 9.59 Å². The molecule has 2 nitrogen and oxygen atoms in total. The Morgan fingerprint density at radius 2 is 1.38 bits per heavy atom. The first-order valence-corrected chi connectivity index (χ1v) is 8.97. The molecule has 1 fully saturated rings. The highest BCUT2D eigenvalue weighted by Crippen LogP contribution is 2.31. The molecule has 126 valence electrons.